The molecule has 3 saturated heterocycles. The molecule has 1 atom stereocenters. The van der Waals surface area contributed by atoms with Gasteiger partial charge in [0.25, 0.3) is 0 Å². The third kappa shape index (κ3) is 3.46. The highest BCUT2D eigenvalue weighted by Crippen LogP contribution is 2.41. The van der Waals surface area contributed by atoms with E-state index in [9.17, 15) is 0 Å². The Balaban J connectivity index is 1.39. The SMILES string of the molecule is CC(C)N1CCC2(CC1)CN(C[C@H]1CCN(C(C)C)C1)C2. The minimum absolute atomic E-state index is 0.696. The number of piperidine rings is 1. The molecule has 21 heavy (non-hydrogen) atoms. The molecular formula is C18H35N3. The lowest BCUT2D eigenvalue weighted by Gasteiger charge is -2.55. The number of hydrogen-bond acceptors (Lipinski definition) is 3. The highest BCUT2D eigenvalue weighted by atomic mass is 15.2. The number of nitrogens with zero attached hydrogens (tertiary/aromatic N) is 3. The number of hydrogen-bond donors (Lipinski definition) is 0. The second kappa shape index (κ2) is 6.17. The van der Waals surface area contributed by atoms with E-state index in [1.54, 1.807) is 0 Å². The summed E-state index contributed by atoms with van der Waals surface area (Å²) in [5.74, 6) is 0.931. The maximum atomic E-state index is 2.75. The van der Waals surface area contributed by atoms with Gasteiger partial charge < -0.3 is 14.7 Å². The van der Waals surface area contributed by atoms with Gasteiger partial charge in [-0.05, 0) is 77.9 Å². The van der Waals surface area contributed by atoms with Crippen LogP contribution in [0, 0.1) is 11.3 Å². The number of likely N-dealkylation sites (tertiary alicyclic amines) is 3. The molecule has 1 spiro atoms. The second-order valence-electron chi connectivity index (χ2n) is 8.54. The lowest BCUT2D eigenvalue weighted by atomic mass is 9.71. The van der Waals surface area contributed by atoms with Crippen molar-refractivity contribution >= 4 is 0 Å². The van der Waals surface area contributed by atoms with E-state index in [0.717, 1.165) is 18.0 Å². The van der Waals surface area contributed by atoms with Crippen molar-refractivity contribution in [3.63, 3.8) is 0 Å². The highest BCUT2D eigenvalue weighted by molar-refractivity contribution is 4.99. The van der Waals surface area contributed by atoms with Crippen molar-refractivity contribution in [1.82, 2.24) is 14.7 Å². The van der Waals surface area contributed by atoms with Crippen LogP contribution in [0.15, 0.2) is 0 Å². The molecule has 3 nitrogen and oxygen atoms in total. The van der Waals surface area contributed by atoms with Crippen LogP contribution in [0.5, 0.6) is 0 Å². The second-order valence-corrected chi connectivity index (χ2v) is 8.54. The summed E-state index contributed by atoms with van der Waals surface area (Å²) >= 11 is 0. The van der Waals surface area contributed by atoms with Gasteiger partial charge in [0.15, 0.2) is 0 Å². The summed E-state index contributed by atoms with van der Waals surface area (Å²) in [4.78, 5) is 8.06. The molecule has 3 aliphatic rings. The molecule has 3 heteroatoms. The van der Waals surface area contributed by atoms with Crippen molar-refractivity contribution in [2.45, 2.75) is 59.0 Å². The van der Waals surface area contributed by atoms with Gasteiger partial charge in [0, 0.05) is 38.3 Å². The molecule has 0 aromatic heterocycles. The molecule has 3 aliphatic heterocycles. The van der Waals surface area contributed by atoms with Gasteiger partial charge in [0.1, 0.15) is 0 Å². The first-order valence-electron chi connectivity index (χ1n) is 9.18. The summed E-state index contributed by atoms with van der Waals surface area (Å²) in [6.07, 6.45) is 4.29. The van der Waals surface area contributed by atoms with Crippen molar-refractivity contribution in [2.24, 2.45) is 11.3 Å². The fraction of sp³-hybridized carbons (Fsp3) is 1.00. The maximum Gasteiger partial charge on any atom is 0.00516 e. The van der Waals surface area contributed by atoms with Gasteiger partial charge in [0.05, 0.1) is 0 Å². The summed E-state index contributed by atoms with van der Waals surface area (Å²) < 4.78 is 0. The fourth-order valence-corrected chi connectivity index (χ4v) is 4.71. The third-order valence-electron chi connectivity index (χ3n) is 6.27. The Morgan fingerprint density at radius 2 is 1.52 bits per heavy atom. The fourth-order valence-electron chi connectivity index (χ4n) is 4.71. The van der Waals surface area contributed by atoms with Gasteiger partial charge in [-0.15, -0.1) is 0 Å². The van der Waals surface area contributed by atoms with E-state index in [1.165, 1.54) is 65.1 Å². The predicted octanol–water partition coefficient (Wildman–Crippen LogP) is 2.52. The summed E-state index contributed by atoms with van der Waals surface area (Å²) in [6.45, 7) is 18.8. The largest absolute Gasteiger partial charge is 0.302 e. The Bertz CT molecular complexity index is 336. The van der Waals surface area contributed by atoms with Crippen LogP contribution in [0.2, 0.25) is 0 Å². The van der Waals surface area contributed by atoms with Crippen LogP contribution >= 0.6 is 0 Å². The molecule has 0 unspecified atom stereocenters. The zero-order chi connectivity index (χ0) is 15.0. The summed E-state index contributed by atoms with van der Waals surface area (Å²) in [5.41, 5.74) is 0.696. The molecule has 0 aromatic carbocycles. The first-order valence-corrected chi connectivity index (χ1v) is 9.18. The van der Waals surface area contributed by atoms with Gasteiger partial charge in [-0.25, -0.2) is 0 Å². The molecule has 122 valence electrons. The van der Waals surface area contributed by atoms with Crippen LogP contribution in [0.3, 0.4) is 0 Å². The van der Waals surface area contributed by atoms with Gasteiger partial charge in [-0.1, -0.05) is 0 Å². The Kier molecular flexibility index (Phi) is 4.63. The van der Waals surface area contributed by atoms with Gasteiger partial charge in [0.2, 0.25) is 0 Å². The quantitative estimate of drug-likeness (QED) is 0.788. The molecule has 0 saturated carbocycles. The van der Waals surface area contributed by atoms with E-state index in [-0.39, 0.29) is 0 Å². The monoisotopic (exact) mass is 293 g/mol. The molecule has 0 aliphatic carbocycles. The van der Waals surface area contributed by atoms with E-state index in [1.807, 2.05) is 0 Å². The van der Waals surface area contributed by atoms with Crippen LogP contribution in [-0.4, -0.2) is 72.6 Å². The lowest BCUT2D eigenvalue weighted by Crippen LogP contribution is -2.61. The van der Waals surface area contributed by atoms with Crippen molar-refractivity contribution in [3.05, 3.63) is 0 Å². The summed E-state index contributed by atoms with van der Waals surface area (Å²) in [5, 5.41) is 0. The molecule has 0 radical (unpaired) electrons. The van der Waals surface area contributed by atoms with E-state index >= 15 is 0 Å². The Morgan fingerprint density at radius 3 is 2.05 bits per heavy atom. The first-order chi connectivity index (χ1) is 9.97. The van der Waals surface area contributed by atoms with Crippen LogP contribution in [0.1, 0.15) is 47.0 Å². The summed E-state index contributed by atoms with van der Waals surface area (Å²) in [7, 11) is 0. The zero-order valence-corrected chi connectivity index (χ0v) is 14.6. The van der Waals surface area contributed by atoms with Gasteiger partial charge >= 0.3 is 0 Å². The first kappa shape index (κ1) is 15.8. The minimum Gasteiger partial charge on any atom is -0.302 e. The van der Waals surface area contributed by atoms with E-state index in [2.05, 4.69) is 42.4 Å². The van der Waals surface area contributed by atoms with Gasteiger partial charge in [-0.2, -0.15) is 0 Å². The molecule has 0 N–H and O–H groups in total. The van der Waals surface area contributed by atoms with Crippen LogP contribution in [-0.2, 0) is 0 Å². The lowest BCUT2D eigenvalue weighted by molar-refractivity contribution is -0.0571. The smallest absolute Gasteiger partial charge is 0.00516 e. The molecule has 0 bridgehead atoms. The van der Waals surface area contributed by atoms with Crippen molar-refractivity contribution in [1.29, 1.82) is 0 Å². The predicted molar refractivity (Wildman–Crippen MR) is 89.6 cm³/mol. The van der Waals surface area contributed by atoms with Crippen LogP contribution < -0.4 is 0 Å². The Morgan fingerprint density at radius 1 is 0.905 bits per heavy atom. The molecule has 0 aromatic rings. The summed E-state index contributed by atoms with van der Waals surface area (Å²) in [6, 6.07) is 1.47. The third-order valence-corrected chi connectivity index (χ3v) is 6.27. The van der Waals surface area contributed by atoms with Crippen molar-refractivity contribution in [2.75, 3.05) is 45.8 Å². The number of rotatable bonds is 4. The van der Waals surface area contributed by atoms with E-state index in [0.29, 0.717) is 5.41 Å². The maximum absolute atomic E-state index is 2.75. The molecular weight excluding hydrogens is 258 g/mol. The molecule has 3 fully saturated rings. The minimum atomic E-state index is 0.696. The van der Waals surface area contributed by atoms with Crippen LogP contribution in [0.25, 0.3) is 0 Å². The topological polar surface area (TPSA) is 9.72 Å². The highest BCUT2D eigenvalue weighted by Gasteiger charge is 2.45. The average molecular weight is 293 g/mol. The van der Waals surface area contributed by atoms with Gasteiger partial charge in [-0.3, -0.25) is 0 Å². The van der Waals surface area contributed by atoms with E-state index < -0.39 is 0 Å². The normalized spacial score (nSPS) is 31.4. The Labute approximate surface area is 131 Å². The van der Waals surface area contributed by atoms with Crippen molar-refractivity contribution in [3.8, 4) is 0 Å². The molecule has 0 amide bonds. The molecule has 3 rings (SSSR count). The average Bonchev–Trinajstić information content (AvgIpc) is 2.86. The van der Waals surface area contributed by atoms with Crippen molar-refractivity contribution < 1.29 is 0 Å². The molecule has 3 heterocycles. The Hall–Kier alpha value is -0.120. The van der Waals surface area contributed by atoms with E-state index in [4.69, 9.17) is 0 Å². The standard InChI is InChI=1S/C18H35N3/c1-15(2)20-9-6-18(7-10-20)13-19(14-18)11-17-5-8-21(12-17)16(3)4/h15-17H,5-14H2,1-4H3/t17-/m1/s1. The van der Waals surface area contributed by atoms with Crippen LogP contribution in [0.4, 0.5) is 0 Å². The zero-order valence-electron chi connectivity index (χ0n) is 14.6.